The SMILES string of the molecule is CC(C)c1ccccc1NCCC(=O)c1ccccc1. The minimum absolute atomic E-state index is 0.181. The molecule has 0 aromatic heterocycles. The lowest BCUT2D eigenvalue weighted by Crippen LogP contribution is -2.10. The van der Waals surface area contributed by atoms with Crippen molar-refractivity contribution in [2.24, 2.45) is 0 Å². The Morgan fingerprint density at radius 2 is 1.65 bits per heavy atom. The molecule has 1 N–H and O–H groups in total. The number of Topliss-reactive ketones (excluding diaryl/α,β-unsaturated/α-hetero) is 1. The largest absolute Gasteiger partial charge is 0.384 e. The number of anilines is 1. The summed E-state index contributed by atoms with van der Waals surface area (Å²) in [5.41, 5.74) is 3.20. The summed E-state index contributed by atoms with van der Waals surface area (Å²) in [6.45, 7) is 5.02. The van der Waals surface area contributed by atoms with Crippen molar-refractivity contribution < 1.29 is 4.79 Å². The van der Waals surface area contributed by atoms with Gasteiger partial charge in [0.2, 0.25) is 0 Å². The summed E-state index contributed by atoms with van der Waals surface area (Å²) in [6, 6.07) is 17.7. The first-order valence-corrected chi connectivity index (χ1v) is 7.09. The zero-order valence-electron chi connectivity index (χ0n) is 12.1. The lowest BCUT2D eigenvalue weighted by molar-refractivity contribution is 0.0986. The molecule has 0 bridgehead atoms. The van der Waals surface area contributed by atoms with E-state index in [1.54, 1.807) is 0 Å². The maximum atomic E-state index is 12.0. The van der Waals surface area contributed by atoms with E-state index in [0.717, 1.165) is 11.3 Å². The highest BCUT2D eigenvalue weighted by Gasteiger charge is 2.07. The van der Waals surface area contributed by atoms with E-state index < -0.39 is 0 Å². The Hall–Kier alpha value is -2.09. The highest BCUT2D eigenvalue weighted by atomic mass is 16.1. The molecule has 104 valence electrons. The second kappa shape index (κ2) is 6.90. The van der Waals surface area contributed by atoms with Crippen LogP contribution < -0.4 is 5.32 Å². The van der Waals surface area contributed by atoms with E-state index in [0.29, 0.717) is 18.9 Å². The molecule has 0 saturated carbocycles. The van der Waals surface area contributed by atoms with Gasteiger partial charge in [-0.1, -0.05) is 62.4 Å². The molecule has 0 unspecified atom stereocenters. The molecule has 0 atom stereocenters. The van der Waals surface area contributed by atoms with E-state index in [9.17, 15) is 4.79 Å². The quantitative estimate of drug-likeness (QED) is 0.781. The van der Waals surface area contributed by atoms with E-state index in [4.69, 9.17) is 0 Å². The van der Waals surface area contributed by atoms with Crippen LogP contribution in [0, 0.1) is 0 Å². The Balaban J connectivity index is 1.92. The number of carbonyl (C=O) groups is 1. The van der Waals surface area contributed by atoms with Gasteiger partial charge in [-0.15, -0.1) is 0 Å². The number of hydrogen-bond acceptors (Lipinski definition) is 2. The smallest absolute Gasteiger partial charge is 0.164 e. The van der Waals surface area contributed by atoms with Crippen molar-refractivity contribution in [1.82, 2.24) is 0 Å². The molecule has 2 aromatic rings. The first-order valence-electron chi connectivity index (χ1n) is 7.09. The second-order valence-electron chi connectivity index (χ2n) is 5.21. The number of ketones is 1. The van der Waals surface area contributed by atoms with Crippen LogP contribution in [0.15, 0.2) is 54.6 Å². The van der Waals surface area contributed by atoms with Crippen molar-refractivity contribution in [3.8, 4) is 0 Å². The average Bonchev–Trinajstić information content (AvgIpc) is 2.48. The summed E-state index contributed by atoms with van der Waals surface area (Å²) < 4.78 is 0. The third-order valence-electron chi connectivity index (χ3n) is 3.35. The fraction of sp³-hybridized carbons (Fsp3) is 0.278. The molecule has 0 aliphatic heterocycles. The molecular weight excluding hydrogens is 246 g/mol. The van der Waals surface area contributed by atoms with Crippen molar-refractivity contribution in [3.63, 3.8) is 0 Å². The van der Waals surface area contributed by atoms with Gasteiger partial charge < -0.3 is 5.32 Å². The Labute approximate surface area is 120 Å². The zero-order chi connectivity index (χ0) is 14.4. The van der Waals surface area contributed by atoms with Crippen LogP contribution in [0.1, 0.15) is 42.1 Å². The van der Waals surface area contributed by atoms with E-state index in [-0.39, 0.29) is 5.78 Å². The standard InChI is InChI=1S/C18H21NO/c1-14(2)16-10-6-7-11-17(16)19-13-12-18(20)15-8-4-3-5-9-15/h3-11,14,19H,12-13H2,1-2H3. The molecule has 2 rings (SSSR count). The molecule has 0 spiro atoms. The van der Waals surface area contributed by atoms with Gasteiger partial charge in [0.05, 0.1) is 0 Å². The molecule has 0 radical (unpaired) electrons. The van der Waals surface area contributed by atoms with E-state index in [1.165, 1.54) is 5.56 Å². The monoisotopic (exact) mass is 267 g/mol. The van der Waals surface area contributed by atoms with Crippen LogP contribution in [0.25, 0.3) is 0 Å². The summed E-state index contributed by atoms with van der Waals surface area (Å²) in [4.78, 5) is 12.0. The maximum Gasteiger partial charge on any atom is 0.164 e. The highest BCUT2D eigenvalue weighted by molar-refractivity contribution is 5.96. The van der Waals surface area contributed by atoms with Gasteiger partial charge in [-0.3, -0.25) is 4.79 Å². The average molecular weight is 267 g/mol. The normalized spacial score (nSPS) is 10.6. The Kier molecular flexibility index (Phi) is 4.94. The molecule has 0 aliphatic carbocycles. The van der Waals surface area contributed by atoms with Crippen molar-refractivity contribution in [3.05, 3.63) is 65.7 Å². The van der Waals surface area contributed by atoms with Crippen LogP contribution in [0.5, 0.6) is 0 Å². The van der Waals surface area contributed by atoms with Crippen molar-refractivity contribution in [1.29, 1.82) is 0 Å². The van der Waals surface area contributed by atoms with E-state index >= 15 is 0 Å². The van der Waals surface area contributed by atoms with Gasteiger partial charge in [0, 0.05) is 24.2 Å². The number of hydrogen-bond donors (Lipinski definition) is 1. The summed E-state index contributed by atoms with van der Waals surface area (Å²) in [6.07, 6.45) is 0.510. The third kappa shape index (κ3) is 3.70. The Morgan fingerprint density at radius 3 is 2.35 bits per heavy atom. The molecule has 2 nitrogen and oxygen atoms in total. The highest BCUT2D eigenvalue weighted by Crippen LogP contribution is 2.23. The van der Waals surface area contributed by atoms with Gasteiger partial charge in [-0.2, -0.15) is 0 Å². The van der Waals surface area contributed by atoms with Crippen molar-refractivity contribution in [2.75, 3.05) is 11.9 Å². The summed E-state index contributed by atoms with van der Waals surface area (Å²) in [5.74, 6) is 0.656. The van der Waals surface area contributed by atoms with Gasteiger partial charge in [0.1, 0.15) is 0 Å². The lowest BCUT2D eigenvalue weighted by atomic mass is 10.0. The van der Waals surface area contributed by atoms with Crippen LogP contribution in [-0.2, 0) is 0 Å². The number of benzene rings is 2. The molecule has 2 aromatic carbocycles. The zero-order valence-corrected chi connectivity index (χ0v) is 12.1. The molecule has 0 amide bonds. The van der Waals surface area contributed by atoms with Crippen LogP contribution >= 0.6 is 0 Å². The topological polar surface area (TPSA) is 29.1 Å². The first kappa shape index (κ1) is 14.3. The molecule has 0 aliphatic rings. The fourth-order valence-electron chi connectivity index (χ4n) is 2.24. The number of nitrogens with one attached hydrogen (secondary N) is 1. The van der Waals surface area contributed by atoms with Crippen LogP contribution in [0.4, 0.5) is 5.69 Å². The number of para-hydroxylation sites is 1. The molecule has 2 heteroatoms. The fourth-order valence-corrected chi connectivity index (χ4v) is 2.24. The second-order valence-corrected chi connectivity index (χ2v) is 5.21. The molecule has 0 saturated heterocycles. The first-order chi connectivity index (χ1) is 9.68. The van der Waals surface area contributed by atoms with E-state index in [1.807, 2.05) is 36.4 Å². The van der Waals surface area contributed by atoms with Crippen molar-refractivity contribution in [2.45, 2.75) is 26.2 Å². The molecular formula is C18H21NO. The predicted octanol–water partition coefficient (Wildman–Crippen LogP) is 4.49. The molecule has 20 heavy (non-hydrogen) atoms. The van der Waals surface area contributed by atoms with Crippen LogP contribution in [-0.4, -0.2) is 12.3 Å². The molecule has 0 fully saturated rings. The summed E-state index contributed by atoms with van der Waals surface area (Å²) in [7, 11) is 0. The summed E-state index contributed by atoms with van der Waals surface area (Å²) in [5, 5.41) is 3.37. The van der Waals surface area contributed by atoms with Crippen LogP contribution in [0.3, 0.4) is 0 Å². The van der Waals surface area contributed by atoms with Gasteiger partial charge in [0.15, 0.2) is 5.78 Å². The van der Waals surface area contributed by atoms with Crippen LogP contribution in [0.2, 0.25) is 0 Å². The minimum Gasteiger partial charge on any atom is -0.384 e. The maximum absolute atomic E-state index is 12.0. The summed E-state index contributed by atoms with van der Waals surface area (Å²) >= 11 is 0. The van der Waals surface area contributed by atoms with Gasteiger partial charge in [0.25, 0.3) is 0 Å². The number of rotatable bonds is 6. The number of carbonyl (C=O) groups excluding carboxylic acids is 1. The van der Waals surface area contributed by atoms with Gasteiger partial charge in [-0.25, -0.2) is 0 Å². The molecule has 0 heterocycles. The van der Waals surface area contributed by atoms with Gasteiger partial charge in [-0.05, 0) is 17.5 Å². The van der Waals surface area contributed by atoms with Crippen molar-refractivity contribution >= 4 is 11.5 Å². The Morgan fingerprint density at radius 1 is 1.00 bits per heavy atom. The van der Waals surface area contributed by atoms with E-state index in [2.05, 4.69) is 37.4 Å². The minimum atomic E-state index is 0.181. The lowest BCUT2D eigenvalue weighted by Gasteiger charge is -2.14. The Bertz CT molecular complexity index is 561. The third-order valence-corrected chi connectivity index (χ3v) is 3.35. The predicted molar refractivity (Wildman–Crippen MR) is 84.4 cm³/mol. The van der Waals surface area contributed by atoms with Gasteiger partial charge >= 0.3 is 0 Å².